The molecule has 2 rings (SSSR count). The Hall–Kier alpha value is -2.56. The number of rotatable bonds is 7. The summed E-state index contributed by atoms with van der Waals surface area (Å²) in [5.41, 5.74) is 7.06. The van der Waals surface area contributed by atoms with Crippen molar-refractivity contribution in [3.63, 3.8) is 0 Å². The third kappa shape index (κ3) is 4.72. The number of amides is 1. The number of carbonyl (C=O) groups is 1. The lowest BCUT2D eigenvalue weighted by Crippen LogP contribution is -2.15. The van der Waals surface area contributed by atoms with Gasteiger partial charge in [-0.1, -0.05) is 18.2 Å². The Morgan fingerprint density at radius 3 is 2.83 bits per heavy atom. The first-order chi connectivity index (χ1) is 11.7. The standard InChI is InChI=1S/C17H18N4O2S/c1-2-23-8-9-24-17-12(11-18)10-14(15(19)21-17)16(22)20-13-6-4-3-5-7-13/h3-7,10H,2,8-9H2,1H3,(H2,19,21)(H,20,22). The minimum Gasteiger partial charge on any atom is -0.383 e. The van der Waals surface area contributed by atoms with Gasteiger partial charge >= 0.3 is 0 Å². The van der Waals surface area contributed by atoms with E-state index in [0.29, 0.717) is 35.2 Å². The molecule has 0 radical (unpaired) electrons. The normalized spacial score (nSPS) is 10.2. The van der Waals surface area contributed by atoms with Crippen LogP contribution in [0.1, 0.15) is 22.8 Å². The van der Waals surface area contributed by atoms with Crippen molar-refractivity contribution < 1.29 is 9.53 Å². The maximum atomic E-state index is 12.3. The van der Waals surface area contributed by atoms with Crippen LogP contribution in [0.4, 0.5) is 11.5 Å². The number of nitrogen functional groups attached to an aromatic ring is 1. The maximum Gasteiger partial charge on any atom is 0.259 e. The molecular weight excluding hydrogens is 324 g/mol. The summed E-state index contributed by atoms with van der Waals surface area (Å²) in [6.45, 7) is 3.12. The monoisotopic (exact) mass is 342 g/mol. The summed E-state index contributed by atoms with van der Waals surface area (Å²) in [6, 6.07) is 12.6. The second-order valence-corrected chi connectivity index (χ2v) is 5.83. The quantitative estimate of drug-likeness (QED) is 0.592. The number of nitriles is 1. The molecule has 0 saturated heterocycles. The van der Waals surface area contributed by atoms with E-state index in [-0.39, 0.29) is 11.4 Å². The fourth-order valence-corrected chi connectivity index (χ4v) is 2.76. The third-order valence-electron chi connectivity index (χ3n) is 3.08. The highest BCUT2D eigenvalue weighted by atomic mass is 32.2. The van der Waals surface area contributed by atoms with E-state index in [0.717, 1.165) is 0 Å². The van der Waals surface area contributed by atoms with Crippen molar-refractivity contribution in [2.75, 3.05) is 30.0 Å². The molecule has 3 N–H and O–H groups in total. The molecule has 0 bridgehead atoms. The van der Waals surface area contributed by atoms with E-state index >= 15 is 0 Å². The van der Waals surface area contributed by atoms with Gasteiger partial charge in [0.2, 0.25) is 0 Å². The predicted molar refractivity (Wildman–Crippen MR) is 95.0 cm³/mol. The number of ether oxygens (including phenoxy) is 1. The second kappa shape index (κ2) is 8.91. The number of para-hydroxylation sites is 1. The van der Waals surface area contributed by atoms with Gasteiger partial charge in [0.1, 0.15) is 16.9 Å². The highest BCUT2D eigenvalue weighted by Crippen LogP contribution is 2.24. The topological polar surface area (TPSA) is 101 Å². The number of anilines is 2. The number of hydrogen-bond acceptors (Lipinski definition) is 6. The summed E-state index contributed by atoms with van der Waals surface area (Å²) >= 11 is 1.38. The third-order valence-corrected chi connectivity index (χ3v) is 4.04. The smallest absolute Gasteiger partial charge is 0.259 e. The van der Waals surface area contributed by atoms with Crippen LogP contribution >= 0.6 is 11.8 Å². The van der Waals surface area contributed by atoms with E-state index in [1.807, 2.05) is 25.1 Å². The van der Waals surface area contributed by atoms with Crippen LogP contribution in [0.5, 0.6) is 0 Å². The van der Waals surface area contributed by atoms with Crippen molar-refractivity contribution in [2.45, 2.75) is 11.9 Å². The average molecular weight is 342 g/mol. The molecule has 1 aromatic carbocycles. The van der Waals surface area contributed by atoms with Gasteiger partial charge in [0.05, 0.1) is 17.7 Å². The van der Waals surface area contributed by atoms with Crippen LogP contribution in [0.2, 0.25) is 0 Å². The Balaban J connectivity index is 2.16. The van der Waals surface area contributed by atoms with Gasteiger partial charge in [0.25, 0.3) is 5.91 Å². The largest absolute Gasteiger partial charge is 0.383 e. The summed E-state index contributed by atoms with van der Waals surface area (Å²) in [5.74, 6) is 0.361. The van der Waals surface area contributed by atoms with Gasteiger partial charge in [-0.05, 0) is 25.1 Å². The van der Waals surface area contributed by atoms with Crippen LogP contribution in [0.3, 0.4) is 0 Å². The highest BCUT2D eigenvalue weighted by molar-refractivity contribution is 7.99. The van der Waals surface area contributed by atoms with Gasteiger partial charge in [-0.2, -0.15) is 5.26 Å². The van der Waals surface area contributed by atoms with Crippen LogP contribution in [-0.2, 0) is 4.74 Å². The lowest BCUT2D eigenvalue weighted by molar-refractivity contribution is 0.102. The average Bonchev–Trinajstić information content (AvgIpc) is 2.59. The van der Waals surface area contributed by atoms with Crippen molar-refractivity contribution in [2.24, 2.45) is 0 Å². The molecule has 0 aliphatic heterocycles. The van der Waals surface area contributed by atoms with Gasteiger partial charge < -0.3 is 15.8 Å². The van der Waals surface area contributed by atoms with E-state index in [9.17, 15) is 10.1 Å². The van der Waals surface area contributed by atoms with Crippen molar-refractivity contribution in [3.05, 3.63) is 47.5 Å². The number of carbonyl (C=O) groups excluding carboxylic acids is 1. The number of nitrogens with two attached hydrogens (primary N) is 1. The highest BCUT2D eigenvalue weighted by Gasteiger charge is 2.16. The zero-order chi connectivity index (χ0) is 17.4. The summed E-state index contributed by atoms with van der Waals surface area (Å²) < 4.78 is 5.26. The first-order valence-electron chi connectivity index (χ1n) is 7.43. The molecule has 24 heavy (non-hydrogen) atoms. The number of nitrogens with zero attached hydrogens (tertiary/aromatic N) is 2. The fraction of sp³-hybridized carbons (Fsp3) is 0.235. The molecule has 2 aromatic rings. The summed E-state index contributed by atoms with van der Waals surface area (Å²) in [6.07, 6.45) is 0. The molecule has 7 heteroatoms. The number of nitrogens with one attached hydrogen (secondary N) is 1. The number of aromatic nitrogens is 1. The molecular formula is C17H18N4O2S. The van der Waals surface area contributed by atoms with Crippen molar-refractivity contribution in [1.29, 1.82) is 5.26 Å². The first kappa shape index (κ1) is 17.8. The van der Waals surface area contributed by atoms with Crippen LogP contribution < -0.4 is 11.1 Å². The number of pyridine rings is 1. The van der Waals surface area contributed by atoms with E-state index < -0.39 is 5.91 Å². The lowest BCUT2D eigenvalue weighted by Gasteiger charge is -2.10. The van der Waals surface area contributed by atoms with Crippen LogP contribution in [-0.4, -0.2) is 29.9 Å². The molecule has 0 spiro atoms. The molecule has 0 aliphatic rings. The molecule has 1 heterocycles. The minimum atomic E-state index is -0.395. The Labute approximate surface area is 145 Å². The molecule has 6 nitrogen and oxygen atoms in total. The van der Waals surface area contributed by atoms with Crippen LogP contribution in [0.25, 0.3) is 0 Å². The van der Waals surface area contributed by atoms with Gasteiger partial charge in [-0.15, -0.1) is 11.8 Å². The van der Waals surface area contributed by atoms with Crippen molar-refractivity contribution in [1.82, 2.24) is 4.98 Å². The minimum absolute atomic E-state index is 0.0985. The molecule has 0 fully saturated rings. The molecule has 124 valence electrons. The lowest BCUT2D eigenvalue weighted by atomic mass is 10.2. The Morgan fingerprint density at radius 2 is 2.17 bits per heavy atom. The summed E-state index contributed by atoms with van der Waals surface area (Å²) in [4.78, 5) is 16.6. The zero-order valence-electron chi connectivity index (χ0n) is 13.3. The molecule has 0 unspecified atom stereocenters. The van der Waals surface area contributed by atoms with Crippen molar-refractivity contribution >= 4 is 29.2 Å². The van der Waals surface area contributed by atoms with Crippen LogP contribution in [0.15, 0.2) is 41.4 Å². The van der Waals surface area contributed by atoms with Gasteiger partial charge in [0.15, 0.2) is 0 Å². The number of hydrogen-bond donors (Lipinski definition) is 2. The molecule has 0 aliphatic carbocycles. The molecule has 1 amide bonds. The molecule has 1 aromatic heterocycles. The van der Waals surface area contributed by atoms with E-state index in [2.05, 4.69) is 16.4 Å². The van der Waals surface area contributed by atoms with E-state index in [4.69, 9.17) is 10.5 Å². The zero-order valence-corrected chi connectivity index (χ0v) is 14.1. The van der Waals surface area contributed by atoms with Crippen molar-refractivity contribution in [3.8, 4) is 6.07 Å². The SMILES string of the molecule is CCOCCSc1nc(N)c(C(=O)Nc2ccccc2)cc1C#N. The van der Waals surface area contributed by atoms with Gasteiger partial charge in [0, 0.05) is 18.0 Å². The van der Waals surface area contributed by atoms with Crippen LogP contribution in [0, 0.1) is 11.3 Å². The predicted octanol–water partition coefficient (Wildman–Crippen LogP) is 2.92. The summed E-state index contributed by atoms with van der Waals surface area (Å²) in [5, 5.41) is 12.5. The molecule has 0 atom stereocenters. The Morgan fingerprint density at radius 1 is 1.42 bits per heavy atom. The number of thioether (sulfide) groups is 1. The summed E-state index contributed by atoms with van der Waals surface area (Å²) in [7, 11) is 0. The Bertz CT molecular complexity index is 744. The fourth-order valence-electron chi connectivity index (χ4n) is 1.94. The first-order valence-corrected chi connectivity index (χ1v) is 8.41. The maximum absolute atomic E-state index is 12.3. The van der Waals surface area contributed by atoms with E-state index in [1.54, 1.807) is 12.1 Å². The molecule has 0 saturated carbocycles. The Kier molecular flexibility index (Phi) is 6.61. The second-order valence-electron chi connectivity index (χ2n) is 4.75. The number of benzene rings is 1. The van der Waals surface area contributed by atoms with E-state index in [1.165, 1.54) is 17.8 Å². The van der Waals surface area contributed by atoms with Gasteiger partial charge in [-0.25, -0.2) is 4.98 Å². The van der Waals surface area contributed by atoms with Gasteiger partial charge in [-0.3, -0.25) is 4.79 Å².